The normalized spacial score (nSPS) is 14.9. The number of ether oxygens (including phenoxy) is 1. The van der Waals surface area contributed by atoms with E-state index in [2.05, 4.69) is 9.97 Å². The van der Waals surface area contributed by atoms with E-state index in [0.717, 1.165) is 42.2 Å². The lowest BCUT2D eigenvalue weighted by atomic mass is 9.98. The summed E-state index contributed by atoms with van der Waals surface area (Å²) in [5.41, 5.74) is -0.0869. The van der Waals surface area contributed by atoms with E-state index < -0.39 is 11.7 Å². The number of nitrogens with zero attached hydrogens (tertiary/aromatic N) is 3. The highest BCUT2D eigenvalue weighted by molar-refractivity contribution is 7.99. The minimum Gasteiger partial charge on any atom is -0.490 e. The van der Waals surface area contributed by atoms with Crippen LogP contribution in [-0.4, -0.2) is 23.1 Å². The van der Waals surface area contributed by atoms with E-state index in [4.69, 9.17) is 4.74 Å². The molecular weight excluding hydrogens is 435 g/mol. The van der Waals surface area contributed by atoms with Crippen molar-refractivity contribution in [2.75, 3.05) is 11.9 Å². The Morgan fingerprint density at radius 3 is 2.31 bits per heavy atom. The van der Waals surface area contributed by atoms with Crippen LogP contribution in [0.3, 0.4) is 0 Å². The van der Waals surface area contributed by atoms with Gasteiger partial charge in [0.05, 0.1) is 6.10 Å². The van der Waals surface area contributed by atoms with E-state index in [1.54, 1.807) is 36.2 Å². The third-order valence-electron chi connectivity index (χ3n) is 5.38. The van der Waals surface area contributed by atoms with Gasteiger partial charge in [0.25, 0.3) is 0 Å². The van der Waals surface area contributed by atoms with Crippen molar-refractivity contribution in [2.45, 2.75) is 54.3 Å². The molecule has 1 aromatic heterocycles. The molecule has 8 heteroatoms. The van der Waals surface area contributed by atoms with E-state index in [1.807, 2.05) is 30.3 Å². The average molecular weight is 460 g/mol. The SMILES string of the molecule is CN(c1ccc(OC2CCCCC2)cc1)c1ncc(C(F)(F)F)c(Sc2ccccc2)n1. The zero-order valence-electron chi connectivity index (χ0n) is 17.7. The molecule has 1 fully saturated rings. The Kier molecular flexibility index (Phi) is 6.89. The lowest BCUT2D eigenvalue weighted by Crippen LogP contribution is -2.19. The van der Waals surface area contributed by atoms with Crippen LogP contribution < -0.4 is 9.64 Å². The van der Waals surface area contributed by atoms with Crippen molar-refractivity contribution in [3.63, 3.8) is 0 Å². The summed E-state index contributed by atoms with van der Waals surface area (Å²) in [5.74, 6) is 0.986. The van der Waals surface area contributed by atoms with Gasteiger partial charge in [0, 0.05) is 23.8 Å². The number of rotatable bonds is 6. The summed E-state index contributed by atoms with van der Waals surface area (Å²) in [6.45, 7) is 0. The predicted molar refractivity (Wildman–Crippen MR) is 120 cm³/mol. The molecule has 168 valence electrons. The number of aromatic nitrogens is 2. The van der Waals surface area contributed by atoms with Crippen LogP contribution in [0.1, 0.15) is 37.7 Å². The van der Waals surface area contributed by atoms with E-state index in [-0.39, 0.29) is 17.1 Å². The Morgan fingerprint density at radius 1 is 0.969 bits per heavy atom. The molecular formula is C24H24F3N3OS. The molecule has 0 spiro atoms. The summed E-state index contributed by atoms with van der Waals surface area (Å²) in [5, 5.41) is -0.127. The van der Waals surface area contributed by atoms with Gasteiger partial charge in [-0.1, -0.05) is 36.4 Å². The highest BCUT2D eigenvalue weighted by Crippen LogP contribution is 2.39. The summed E-state index contributed by atoms with van der Waals surface area (Å²) < 4.78 is 46.6. The zero-order valence-corrected chi connectivity index (χ0v) is 18.5. The topological polar surface area (TPSA) is 38.2 Å². The lowest BCUT2D eigenvalue weighted by molar-refractivity contribution is -0.140. The molecule has 0 unspecified atom stereocenters. The van der Waals surface area contributed by atoms with Crippen LogP contribution in [0.15, 0.2) is 70.7 Å². The molecule has 1 saturated carbocycles. The van der Waals surface area contributed by atoms with Gasteiger partial charge >= 0.3 is 6.18 Å². The molecule has 0 bridgehead atoms. The first-order chi connectivity index (χ1) is 15.4. The molecule has 0 atom stereocenters. The van der Waals surface area contributed by atoms with Crippen LogP contribution in [-0.2, 0) is 6.18 Å². The maximum absolute atomic E-state index is 13.5. The molecule has 0 saturated heterocycles. The second-order valence-electron chi connectivity index (χ2n) is 7.73. The molecule has 0 amide bonds. The molecule has 3 aromatic rings. The number of halogens is 3. The van der Waals surface area contributed by atoms with Gasteiger partial charge in [-0.15, -0.1) is 0 Å². The van der Waals surface area contributed by atoms with E-state index in [1.165, 1.54) is 19.3 Å². The first kappa shape index (κ1) is 22.5. The van der Waals surface area contributed by atoms with Crippen LogP contribution in [0.25, 0.3) is 0 Å². The first-order valence-electron chi connectivity index (χ1n) is 10.6. The van der Waals surface area contributed by atoms with E-state index in [9.17, 15) is 13.2 Å². The Balaban J connectivity index is 1.55. The van der Waals surface area contributed by atoms with Gasteiger partial charge in [-0.25, -0.2) is 9.97 Å². The van der Waals surface area contributed by atoms with Crippen LogP contribution >= 0.6 is 11.8 Å². The Hall–Kier alpha value is -2.74. The summed E-state index contributed by atoms with van der Waals surface area (Å²) in [6, 6.07) is 16.4. The van der Waals surface area contributed by atoms with Gasteiger partial charge < -0.3 is 9.64 Å². The number of hydrogen-bond donors (Lipinski definition) is 0. The highest BCUT2D eigenvalue weighted by atomic mass is 32.2. The molecule has 1 heterocycles. The Morgan fingerprint density at radius 2 is 1.66 bits per heavy atom. The number of alkyl halides is 3. The van der Waals surface area contributed by atoms with Crippen molar-refractivity contribution in [2.24, 2.45) is 0 Å². The predicted octanol–water partition coefficient (Wildman–Crippen LogP) is 7.13. The summed E-state index contributed by atoms with van der Waals surface area (Å²) >= 11 is 0.972. The minimum atomic E-state index is -4.54. The van der Waals surface area contributed by atoms with Crippen LogP contribution in [0.2, 0.25) is 0 Å². The van der Waals surface area contributed by atoms with Gasteiger partial charge in [-0.2, -0.15) is 13.2 Å². The molecule has 32 heavy (non-hydrogen) atoms. The van der Waals surface area contributed by atoms with Crippen molar-refractivity contribution in [3.8, 4) is 5.75 Å². The first-order valence-corrected chi connectivity index (χ1v) is 11.4. The molecule has 0 N–H and O–H groups in total. The van der Waals surface area contributed by atoms with Gasteiger partial charge in [0.15, 0.2) is 0 Å². The second kappa shape index (κ2) is 9.81. The third-order valence-corrected chi connectivity index (χ3v) is 6.40. The standard InChI is InChI=1S/C24H24F3N3OS/c1-30(17-12-14-19(15-13-17)31-18-8-4-2-5-9-18)23-28-16-21(24(25,26)27)22(29-23)32-20-10-6-3-7-11-20/h3,6-7,10-16,18H,2,4-5,8-9H2,1H3. The molecule has 1 aliphatic rings. The van der Waals surface area contributed by atoms with Crippen molar-refractivity contribution in [1.82, 2.24) is 9.97 Å². The largest absolute Gasteiger partial charge is 0.490 e. The number of anilines is 2. The van der Waals surface area contributed by atoms with Gasteiger partial charge in [-0.3, -0.25) is 0 Å². The highest BCUT2D eigenvalue weighted by Gasteiger charge is 2.35. The van der Waals surface area contributed by atoms with Gasteiger partial charge in [0.1, 0.15) is 16.3 Å². The second-order valence-corrected chi connectivity index (χ2v) is 8.79. The number of benzene rings is 2. The Labute approximate surface area is 189 Å². The van der Waals surface area contributed by atoms with Crippen LogP contribution in [0.5, 0.6) is 5.75 Å². The van der Waals surface area contributed by atoms with Crippen LogP contribution in [0, 0.1) is 0 Å². The summed E-state index contributed by atoms with van der Waals surface area (Å²) in [7, 11) is 1.73. The fraction of sp³-hybridized carbons (Fsp3) is 0.333. The number of hydrogen-bond acceptors (Lipinski definition) is 5. The summed E-state index contributed by atoms with van der Waals surface area (Å²) in [6.07, 6.45) is 2.37. The van der Waals surface area contributed by atoms with Crippen molar-refractivity contribution < 1.29 is 17.9 Å². The summed E-state index contributed by atoms with van der Waals surface area (Å²) in [4.78, 5) is 10.6. The molecule has 0 aliphatic heterocycles. The van der Waals surface area contributed by atoms with E-state index in [0.29, 0.717) is 4.90 Å². The van der Waals surface area contributed by atoms with Crippen molar-refractivity contribution in [3.05, 3.63) is 66.4 Å². The molecule has 2 aromatic carbocycles. The molecule has 1 aliphatic carbocycles. The maximum Gasteiger partial charge on any atom is 0.420 e. The molecule has 0 radical (unpaired) electrons. The van der Waals surface area contributed by atoms with Crippen molar-refractivity contribution >= 4 is 23.4 Å². The quantitative estimate of drug-likeness (QED) is 0.367. The smallest absolute Gasteiger partial charge is 0.420 e. The fourth-order valence-corrected chi connectivity index (χ4v) is 4.55. The maximum atomic E-state index is 13.5. The van der Waals surface area contributed by atoms with Crippen molar-refractivity contribution in [1.29, 1.82) is 0 Å². The van der Waals surface area contributed by atoms with Crippen LogP contribution in [0.4, 0.5) is 24.8 Å². The lowest BCUT2D eigenvalue weighted by Gasteiger charge is -2.23. The Bertz CT molecular complexity index is 1020. The van der Waals surface area contributed by atoms with Gasteiger partial charge in [0.2, 0.25) is 5.95 Å². The average Bonchev–Trinajstić information content (AvgIpc) is 2.80. The van der Waals surface area contributed by atoms with E-state index >= 15 is 0 Å². The molecule has 4 rings (SSSR count). The minimum absolute atomic E-state index is 0.127. The van der Waals surface area contributed by atoms with Gasteiger partial charge in [-0.05, 0) is 62.1 Å². The fourth-order valence-electron chi connectivity index (χ4n) is 3.63. The third kappa shape index (κ3) is 5.54. The monoisotopic (exact) mass is 459 g/mol. The zero-order chi connectivity index (χ0) is 22.6. The molecule has 4 nitrogen and oxygen atoms in total.